The largest absolute Gasteiger partial charge is 0.422 e. The standard InChI is InChI=1S/C35H42O2/c1-3-4-5-10-28-17-19-29(20-18-28)11-6-7-12-30-21-25-32(26-22-30)35(36)37-34-14-9-8-13-33(34)31-23-15-27(2)16-24-31/h6,8-9,11,13-16,21-26,28-29H,3-5,7,10,12,17-20H2,1-2H3/b11-6+/t28-,29-. The van der Waals surface area contributed by atoms with Gasteiger partial charge in [0.25, 0.3) is 0 Å². The Kier molecular flexibility index (Phi) is 10.2. The summed E-state index contributed by atoms with van der Waals surface area (Å²) < 4.78 is 5.81. The van der Waals surface area contributed by atoms with Crippen molar-refractivity contribution in [3.8, 4) is 16.9 Å². The number of hydrogen-bond acceptors (Lipinski definition) is 2. The fourth-order valence-electron chi connectivity index (χ4n) is 5.38. The third-order valence-corrected chi connectivity index (χ3v) is 7.76. The molecule has 0 aromatic heterocycles. The predicted octanol–water partition coefficient (Wildman–Crippen LogP) is 9.76. The Balaban J connectivity index is 1.24. The molecule has 0 bridgehead atoms. The highest BCUT2D eigenvalue weighted by Crippen LogP contribution is 2.33. The van der Waals surface area contributed by atoms with Crippen LogP contribution in [0, 0.1) is 18.8 Å². The van der Waals surface area contributed by atoms with E-state index in [0.29, 0.717) is 11.3 Å². The number of esters is 1. The van der Waals surface area contributed by atoms with E-state index in [9.17, 15) is 4.79 Å². The number of allylic oxidation sites excluding steroid dienone is 2. The van der Waals surface area contributed by atoms with Gasteiger partial charge in [-0.2, -0.15) is 0 Å². The van der Waals surface area contributed by atoms with E-state index < -0.39 is 0 Å². The molecule has 3 aromatic rings. The van der Waals surface area contributed by atoms with Gasteiger partial charge in [-0.3, -0.25) is 0 Å². The van der Waals surface area contributed by atoms with Crippen LogP contribution in [0.1, 0.15) is 86.2 Å². The number of benzene rings is 3. The number of unbranched alkanes of at least 4 members (excludes halogenated alkanes) is 2. The Morgan fingerprint density at radius 2 is 1.62 bits per heavy atom. The maximum Gasteiger partial charge on any atom is 0.343 e. The van der Waals surface area contributed by atoms with Crippen LogP contribution >= 0.6 is 0 Å². The second-order valence-electron chi connectivity index (χ2n) is 10.7. The van der Waals surface area contributed by atoms with Crippen molar-refractivity contribution in [2.45, 2.75) is 78.1 Å². The summed E-state index contributed by atoms with van der Waals surface area (Å²) in [6, 6.07) is 23.8. The van der Waals surface area contributed by atoms with E-state index in [2.05, 4.69) is 62.4 Å². The van der Waals surface area contributed by atoms with E-state index in [-0.39, 0.29) is 5.97 Å². The van der Waals surface area contributed by atoms with Crippen molar-refractivity contribution in [3.63, 3.8) is 0 Å². The fourth-order valence-corrected chi connectivity index (χ4v) is 5.38. The van der Waals surface area contributed by atoms with E-state index in [1.54, 1.807) is 0 Å². The van der Waals surface area contributed by atoms with Gasteiger partial charge < -0.3 is 4.74 Å². The fraction of sp³-hybridized carbons (Fsp3) is 0.400. The van der Waals surface area contributed by atoms with Crippen LogP contribution in [0.2, 0.25) is 0 Å². The number of hydrogen-bond donors (Lipinski definition) is 0. The molecule has 0 spiro atoms. The first-order valence-corrected chi connectivity index (χ1v) is 14.3. The minimum atomic E-state index is -0.323. The van der Waals surface area contributed by atoms with E-state index in [4.69, 9.17) is 4.74 Å². The summed E-state index contributed by atoms with van der Waals surface area (Å²) in [4.78, 5) is 12.9. The Morgan fingerprint density at radius 1 is 0.892 bits per heavy atom. The number of carbonyl (C=O) groups is 1. The van der Waals surface area contributed by atoms with Crippen molar-refractivity contribution in [1.82, 2.24) is 0 Å². The highest BCUT2D eigenvalue weighted by molar-refractivity contribution is 5.92. The summed E-state index contributed by atoms with van der Waals surface area (Å²) in [6.45, 7) is 4.36. The second-order valence-corrected chi connectivity index (χ2v) is 10.7. The molecule has 3 aromatic carbocycles. The Labute approximate surface area is 223 Å². The first kappa shape index (κ1) is 26.9. The zero-order valence-electron chi connectivity index (χ0n) is 22.6. The van der Waals surface area contributed by atoms with Crippen molar-refractivity contribution < 1.29 is 9.53 Å². The average molecular weight is 495 g/mol. The summed E-state index contributed by atoms with van der Waals surface area (Å²) in [5.74, 6) is 2.00. The van der Waals surface area contributed by atoms with Crippen LogP contribution in [-0.2, 0) is 6.42 Å². The number of carbonyl (C=O) groups excluding carboxylic acids is 1. The lowest BCUT2D eigenvalue weighted by Crippen LogP contribution is -2.13. The molecule has 0 N–H and O–H groups in total. The van der Waals surface area contributed by atoms with Gasteiger partial charge in [0.05, 0.1) is 5.56 Å². The Morgan fingerprint density at radius 3 is 2.35 bits per heavy atom. The molecular formula is C35H42O2. The number of ether oxygens (including phenoxy) is 1. The van der Waals surface area contributed by atoms with Crippen molar-refractivity contribution in [3.05, 3.63) is 102 Å². The Bertz CT molecular complexity index is 1130. The van der Waals surface area contributed by atoms with Gasteiger partial charge in [-0.15, -0.1) is 0 Å². The van der Waals surface area contributed by atoms with Crippen molar-refractivity contribution in [1.29, 1.82) is 0 Å². The smallest absolute Gasteiger partial charge is 0.343 e. The second kappa shape index (κ2) is 14.0. The van der Waals surface area contributed by atoms with Gasteiger partial charge in [-0.1, -0.05) is 105 Å². The minimum Gasteiger partial charge on any atom is -0.422 e. The molecule has 0 atom stereocenters. The molecule has 0 saturated heterocycles. The lowest BCUT2D eigenvalue weighted by molar-refractivity contribution is 0.0735. The third kappa shape index (κ3) is 8.18. The molecule has 1 fully saturated rings. The molecule has 37 heavy (non-hydrogen) atoms. The van der Waals surface area contributed by atoms with Crippen molar-refractivity contribution in [2.75, 3.05) is 0 Å². The minimum absolute atomic E-state index is 0.323. The normalized spacial score (nSPS) is 17.7. The van der Waals surface area contributed by atoms with Crippen LogP contribution in [0.25, 0.3) is 11.1 Å². The highest BCUT2D eigenvalue weighted by Gasteiger charge is 2.19. The molecular weight excluding hydrogens is 452 g/mol. The first-order chi connectivity index (χ1) is 18.1. The molecule has 0 unspecified atom stereocenters. The van der Waals surface area contributed by atoms with Crippen LogP contribution < -0.4 is 4.74 Å². The number of para-hydroxylation sites is 1. The van der Waals surface area contributed by atoms with Gasteiger partial charge in [-0.25, -0.2) is 4.79 Å². The SMILES string of the molecule is CCCCC[C@H]1CC[C@H](/C=C/CCc2ccc(C(=O)Oc3ccccc3-c3ccc(C)cc3)cc2)CC1. The summed E-state index contributed by atoms with van der Waals surface area (Å²) in [5, 5.41) is 0. The zero-order chi connectivity index (χ0) is 25.9. The molecule has 0 amide bonds. The molecule has 1 aliphatic rings. The van der Waals surface area contributed by atoms with Crippen molar-refractivity contribution >= 4 is 5.97 Å². The van der Waals surface area contributed by atoms with Gasteiger partial charge in [0.1, 0.15) is 5.75 Å². The molecule has 2 heteroatoms. The molecule has 0 aliphatic heterocycles. The predicted molar refractivity (Wildman–Crippen MR) is 155 cm³/mol. The summed E-state index contributed by atoms with van der Waals surface area (Å²) in [5.41, 5.74) is 4.99. The molecule has 1 aliphatic carbocycles. The van der Waals surface area contributed by atoms with Gasteiger partial charge in [0, 0.05) is 5.56 Å². The van der Waals surface area contributed by atoms with Gasteiger partial charge in [-0.05, 0) is 86.6 Å². The summed E-state index contributed by atoms with van der Waals surface area (Å²) >= 11 is 0. The zero-order valence-corrected chi connectivity index (χ0v) is 22.6. The van der Waals surface area contributed by atoms with E-state index in [1.165, 1.54) is 62.5 Å². The number of aryl methyl sites for hydroxylation is 2. The van der Waals surface area contributed by atoms with Crippen LogP contribution in [0.5, 0.6) is 5.75 Å². The molecule has 0 radical (unpaired) electrons. The van der Waals surface area contributed by atoms with Crippen LogP contribution in [-0.4, -0.2) is 5.97 Å². The van der Waals surface area contributed by atoms with Crippen molar-refractivity contribution in [2.24, 2.45) is 11.8 Å². The van der Waals surface area contributed by atoms with Crippen LogP contribution in [0.4, 0.5) is 0 Å². The topological polar surface area (TPSA) is 26.3 Å². The maximum atomic E-state index is 12.9. The lowest BCUT2D eigenvalue weighted by Gasteiger charge is -2.26. The molecule has 2 nitrogen and oxygen atoms in total. The quantitative estimate of drug-likeness (QED) is 0.115. The van der Waals surface area contributed by atoms with Gasteiger partial charge in [0.2, 0.25) is 0 Å². The van der Waals surface area contributed by atoms with Gasteiger partial charge >= 0.3 is 5.97 Å². The van der Waals surface area contributed by atoms with Gasteiger partial charge in [0.15, 0.2) is 0 Å². The maximum absolute atomic E-state index is 12.9. The van der Waals surface area contributed by atoms with Crippen LogP contribution in [0.15, 0.2) is 84.9 Å². The Hall–Kier alpha value is -3.13. The molecule has 0 heterocycles. The molecule has 194 valence electrons. The average Bonchev–Trinajstić information content (AvgIpc) is 2.93. The van der Waals surface area contributed by atoms with E-state index in [0.717, 1.165) is 35.8 Å². The lowest BCUT2D eigenvalue weighted by atomic mass is 9.79. The highest BCUT2D eigenvalue weighted by atomic mass is 16.5. The first-order valence-electron chi connectivity index (χ1n) is 14.3. The van der Waals surface area contributed by atoms with Crippen LogP contribution in [0.3, 0.4) is 0 Å². The van der Waals surface area contributed by atoms with E-state index >= 15 is 0 Å². The number of rotatable bonds is 11. The summed E-state index contributed by atoms with van der Waals surface area (Å²) in [7, 11) is 0. The van der Waals surface area contributed by atoms with E-state index in [1.807, 2.05) is 36.4 Å². The molecule has 4 rings (SSSR count). The summed E-state index contributed by atoms with van der Waals surface area (Å²) in [6.07, 6.45) is 18.0. The molecule has 1 saturated carbocycles. The monoisotopic (exact) mass is 494 g/mol. The third-order valence-electron chi connectivity index (χ3n) is 7.76.